The van der Waals surface area contributed by atoms with E-state index >= 15 is 0 Å². The summed E-state index contributed by atoms with van der Waals surface area (Å²) in [6.07, 6.45) is 0. The molecule has 0 aliphatic heterocycles. The molecule has 0 heterocycles. The van der Waals surface area contributed by atoms with E-state index in [-0.39, 0.29) is 24.7 Å². The van der Waals surface area contributed by atoms with Crippen LogP contribution in [0.2, 0.25) is 5.02 Å². The molecule has 3 N–H and O–H groups in total. The van der Waals surface area contributed by atoms with Crippen LogP contribution in [0.25, 0.3) is 0 Å². The number of halogens is 2. The fraction of sp³-hybridized carbons (Fsp3) is 0.250. The van der Waals surface area contributed by atoms with Crippen LogP contribution in [0.1, 0.15) is 0 Å². The predicted octanol–water partition coefficient (Wildman–Crippen LogP) is 1.46. The molecule has 0 saturated carbocycles. The molecule has 0 aromatic heterocycles. The lowest BCUT2D eigenvalue weighted by atomic mass is 10.3. The molecule has 0 radical (unpaired) electrons. The number of anilines is 1. The smallest absolute Gasteiger partial charge is 0.233 e. The molecular weight excluding hydrogens is 259 g/mol. The van der Waals surface area contributed by atoms with Gasteiger partial charge in [-0.25, -0.2) is 8.42 Å². The molecule has 0 atom stereocenters. The largest absolute Gasteiger partial charge is 0.329 e. The van der Waals surface area contributed by atoms with E-state index in [9.17, 15) is 8.42 Å². The minimum absolute atomic E-state index is 0. The highest BCUT2D eigenvalue weighted by atomic mass is 35.5. The Morgan fingerprint density at radius 1 is 1.27 bits per heavy atom. The van der Waals surface area contributed by atoms with Crippen LogP contribution in [0, 0.1) is 0 Å². The molecule has 0 saturated heterocycles. The van der Waals surface area contributed by atoms with E-state index in [1.54, 1.807) is 24.3 Å². The predicted molar refractivity (Wildman–Crippen MR) is 65.2 cm³/mol. The summed E-state index contributed by atoms with van der Waals surface area (Å²) < 4.78 is 24.9. The first-order valence-electron chi connectivity index (χ1n) is 3.99. The van der Waals surface area contributed by atoms with E-state index < -0.39 is 10.0 Å². The molecule has 86 valence electrons. The minimum atomic E-state index is -3.32. The van der Waals surface area contributed by atoms with Crippen molar-refractivity contribution in [2.24, 2.45) is 5.73 Å². The Bertz CT molecular complexity index is 392. The summed E-state index contributed by atoms with van der Waals surface area (Å²) in [5, 5.41) is 0.562. The Kier molecular flexibility index (Phi) is 5.97. The van der Waals surface area contributed by atoms with Crippen molar-refractivity contribution in [2.75, 3.05) is 17.0 Å². The third-order valence-corrected chi connectivity index (χ3v) is 3.08. The molecule has 4 nitrogen and oxygen atoms in total. The maximum atomic E-state index is 11.3. The number of hydrogen-bond acceptors (Lipinski definition) is 3. The molecule has 15 heavy (non-hydrogen) atoms. The molecule has 0 unspecified atom stereocenters. The third-order valence-electron chi connectivity index (χ3n) is 1.50. The highest BCUT2D eigenvalue weighted by molar-refractivity contribution is 7.92. The fourth-order valence-electron chi connectivity index (χ4n) is 0.904. The molecule has 1 aromatic carbocycles. The van der Waals surface area contributed by atoms with Gasteiger partial charge in [0.1, 0.15) is 0 Å². The Labute approximate surface area is 100 Å². The van der Waals surface area contributed by atoms with Crippen LogP contribution in [0.3, 0.4) is 0 Å². The second-order valence-corrected chi connectivity index (χ2v) is 4.99. The zero-order chi connectivity index (χ0) is 10.6. The zero-order valence-electron chi connectivity index (χ0n) is 7.81. The average Bonchev–Trinajstić information content (AvgIpc) is 2.08. The molecule has 1 aromatic rings. The van der Waals surface area contributed by atoms with Gasteiger partial charge in [0.25, 0.3) is 0 Å². The molecule has 0 fully saturated rings. The fourth-order valence-corrected chi connectivity index (χ4v) is 1.94. The first kappa shape index (κ1) is 14.5. The number of hydrogen-bond donors (Lipinski definition) is 2. The summed E-state index contributed by atoms with van der Waals surface area (Å²) in [5.74, 6) is -0.0877. The Hall–Kier alpha value is -0.490. The van der Waals surface area contributed by atoms with Gasteiger partial charge in [-0.05, 0) is 24.3 Å². The number of benzene rings is 1. The van der Waals surface area contributed by atoms with Gasteiger partial charge in [-0.15, -0.1) is 12.4 Å². The summed E-state index contributed by atoms with van der Waals surface area (Å²) in [6.45, 7) is 0.100. The van der Waals surface area contributed by atoms with Crippen LogP contribution in [0.15, 0.2) is 24.3 Å². The van der Waals surface area contributed by atoms with E-state index in [2.05, 4.69) is 4.72 Å². The quantitative estimate of drug-likeness (QED) is 0.870. The van der Waals surface area contributed by atoms with Gasteiger partial charge in [-0.3, -0.25) is 4.72 Å². The monoisotopic (exact) mass is 270 g/mol. The maximum Gasteiger partial charge on any atom is 0.233 e. The minimum Gasteiger partial charge on any atom is -0.329 e. The summed E-state index contributed by atoms with van der Waals surface area (Å²) >= 11 is 5.65. The Balaban J connectivity index is 0.00000196. The topological polar surface area (TPSA) is 72.2 Å². The second kappa shape index (κ2) is 6.17. The van der Waals surface area contributed by atoms with Crippen molar-refractivity contribution in [2.45, 2.75) is 0 Å². The first-order chi connectivity index (χ1) is 6.53. The normalized spacial score (nSPS) is 10.5. The Morgan fingerprint density at radius 2 is 1.80 bits per heavy atom. The van der Waals surface area contributed by atoms with Crippen LogP contribution in [0.4, 0.5) is 5.69 Å². The molecule has 1 rings (SSSR count). The molecule has 7 heteroatoms. The van der Waals surface area contributed by atoms with E-state index in [1.165, 1.54) is 0 Å². The number of nitrogens with two attached hydrogens (primary N) is 1. The van der Waals surface area contributed by atoms with Gasteiger partial charge in [-0.2, -0.15) is 0 Å². The van der Waals surface area contributed by atoms with Crippen molar-refractivity contribution in [3.8, 4) is 0 Å². The third kappa shape index (κ3) is 5.22. The van der Waals surface area contributed by atoms with Crippen LogP contribution in [0.5, 0.6) is 0 Å². The molecule has 0 spiro atoms. The van der Waals surface area contributed by atoms with Crippen LogP contribution >= 0.6 is 24.0 Å². The highest BCUT2D eigenvalue weighted by Crippen LogP contribution is 2.14. The molecule has 0 aliphatic rings. The summed E-state index contributed by atoms with van der Waals surface area (Å²) in [6, 6.07) is 6.41. The van der Waals surface area contributed by atoms with Gasteiger partial charge in [0.05, 0.1) is 5.75 Å². The molecule has 0 bridgehead atoms. The van der Waals surface area contributed by atoms with Crippen LogP contribution in [-0.2, 0) is 10.0 Å². The van der Waals surface area contributed by atoms with Crippen molar-refractivity contribution < 1.29 is 8.42 Å². The summed E-state index contributed by atoms with van der Waals surface area (Å²) in [7, 11) is -3.32. The van der Waals surface area contributed by atoms with Crippen LogP contribution in [-0.4, -0.2) is 20.7 Å². The molecular formula is C8H12Cl2N2O2S. The zero-order valence-corrected chi connectivity index (χ0v) is 10.2. The summed E-state index contributed by atoms with van der Waals surface area (Å²) in [4.78, 5) is 0. The first-order valence-corrected chi connectivity index (χ1v) is 6.02. The lowest BCUT2D eigenvalue weighted by Crippen LogP contribution is -2.22. The maximum absolute atomic E-state index is 11.3. The van der Waals surface area contributed by atoms with Crippen molar-refractivity contribution in [3.05, 3.63) is 29.3 Å². The average molecular weight is 271 g/mol. The van der Waals surface area contributed by atoms with Gasteiger partial charge in [-0.1, -0.05) is 11.6 Å². The van der Waals surface area contributed by atoms with Gasteiger partial charge in [0, 0.05) is 17.3 Å². The van der Waals surface area contributed by atoms with Crippen molar-refractivity contribution in [1.82, 2.24) is 0 Å². The SMILES string of the molecule is Cl.NCCS(=O)(=O)Nc1ccc(Cl)cc1. The van der Waals surface area contributed by atoms with Crippen molar-refractivity contribution >= 4 is 39.7 Å². The molecule has 0 amide bonds. The number of rotatable bonds is 4. The van der Waals surface area contributed by atoms with E-state index in [1.807, 2.05) is 0 Å². The lowest BCUT2D eigenvalue weighted by molar-refractivity contribution is 0.601. The van der Waals surface area contributed by atoms with Gasteiger partial charge in [0.15, 0.2) is 0 Å². The van der Waals surface area contributed by atoms with Gasteiger partial charge >= 0.3 is 0 Å². The molecule has 0 aliphatic carbocycles. The number of sulfonamides is 1. The summed E-state index contributed by atoms with van der Waals surface area (Å²) in [5.41, 5.74) is 5.64. The standard InChI is InChI=1S/C8H11ClN2O2S.ClH/c9-7-1-3-8(4-2-7)11-14(12,13)6-5-10;/h1-4,11H,5-6,10H2;1H. The number of nitrogens with one attached hydrogen (secondary N) is 1. The van der Waals surface area contributed by atoms with Crippen LogP contribution < -0.4 is 10.5 Å². The highest BCUT2D eigenvalue weighted by Gasteiger charge is 2.07. The van der Waals surface area contributed by atoms with Gasteiger partial charge < -0.3 is 5.73 Å². The van der Waals surface area contributed by atoms with Crippen molar-refractivity contribution in [3.63, 3.8) is 0 Å². The lowest BCUT2D eigenvalue weighted by Gasteiger charge is -2.06. The second-order valence-electron chi connectivity index (χ2n) is 2.72. The Morgan fingerprint density at radius 3 is 2.27 bits per heavy atom. The van der Waals surface area contributed by atoms with E-state index in [0.29, 0.717) is 10.7 Å². The van der Waals surface area contributed by atoms with E-state index in [4.69, 9.17) is 17.3 Å². The van der Waals surface area contributed by atoms with E-state index in [0.717, 1.165) is 0 Å². The van der Waals surface area contributed by atoms with Crippen molar-refractivity contribution in [1.29, 1.82) is 0 Å². The van der Waals surface area contributed by atoms with Gasteiger partial charge in [0.2, 0.25) is 10.0 Å².